The van der Waals surface area contributed by atoms with Gasteiger partial charge < -0.3 is 14.8 Å². The highest BCUT2D eigenvalue weighted by molar-refractivity contribution is 9.11. The molecule has 0 radical (unpaired) electrons. The molecule has 1 aliphatic carbocycles. The summed E-state index contributed by atoms with van der Waals surface area (Å²) < 4.78 is 18.1. The zero-order valence-corrected chi connectivity index (χ0v) is 21.5. The highest BCUT2D eigenvalue weighted by atomic mass is 79.9. The molecule has 2 atom stereocenters. The van der Waals surface area contributed by atoms with Crippen molar-refractivity contribution in [2.45, 2.75) is 44.2 Å². The maximum atomic E-state index is 14.9. The van der Waals surface area contributed by atoms with Crippen LogP contribution in [0, 0.1) is 5.82 Å². The van der Waals surface area contributed by atoms with Crippen LogP contribution in [0.4, 0.5) is 10.2 Å². The van der Waals surface area contributed by atoms with Crippen LogP contribution >= 0.6 is 27.3 Å². The van der Waals surface area contributed by atoms with Crippen molar-refractivity contribution in [3.63, 3.8) is 0 Å². The number of nitrogens with one attached hydrogen (secondary N) is 1. The van der Waals surface area contributed by atoms with E-state index in [2.05, 4.69) is 41.8 Å². The molecule has 0 bridgehead atoms. The molecule has 2 fully saturated rings. The summed E-state index contributed by atoms with van der Waals surface area (Å²) in [5.74, 6) is 1.23. The average molecular weight is 554 g/mol. The third-order valence-electron chi connectivity index (χ3n) is 7.00. The number of fused-ring (bicyclic) bond motifs is 1. The van der Waals surface area contributed by atoms with Gasteiger partial charge in [-0.1, -0.05) is 12.1 Å². The van der Waals surface area contributed by atoms with Crippen LogP contribution in [0.1, 0.15) is 47.8 Å². The Balaban J connectivity index is 1.37. The molecular weight excluding hydrogens is 529 g/mol. The predicted octanol–water partition coefficient (Wildman–Crippen LogP) is 6.19. The second-order valence-corrected chi connectivity index (χ2v) is 11.7. The number of thiophene rings is 1. The van der Waals surface area contributed by atoms with Crippen LogP contribution in [0.2, 0.25) is 0 Å². The minimum atomic E-state index is -0.288. The minimum absolute atomic E-state index is 0.0413. The van der Waals surface area contributed by atoms with E-state index < -0.39 is 0 Å². The predicted molar refractivity (Wildman–Crippen MR) is 141 cm³/mol. The molecule has 2 aliphatic rings. The fourth-order valence-corrected chi connectivity index (χ4v) is 6.42. The van der Waals surface area contributed by atoms with Crippen LogP contribution in [0.5, 0.6) is 0 Å². The van der Waals surface area contributed by atoms with Crippen LogP contribution in [0.3, 0.4) is 0 Å². The number of imidazole rings is 1. The number of amides is 1. The summed E-state index contributed by atoms with van der Waals surface area (Å²) in [5.41, 5.74) is 2.23. The van der Waals surface area contributed by atoms with Gasteiger partial charge in [0, 0.05) is 31.2 Å². The molecule has 6 rings (SSSR count). The van der Waals surface area contributed by atoms with Gasteiger partial charge in [-0.05, 0) is 72.3 Å². The van der Waals surface area contributed by atoms with E-state index in [-0.39, 0.29) is 23.8 Å². The van der Waals surface area contributed by atoms with Crippen LogP contribution in [-0.2, 0) is 0 Å². The number of pyridine rings is 1. The van der Waals surface area contributed by atoms with Gasteiger partial charge in [-0.25, -0.2) is 14.4 Å². The van der Waals surface area contributed by atoms with Gasteiger partial charge >= 0.3 is 0 Å². The SMILES string of the molecule is O=C(NC1CCCC(n2c(-c3ccccc3F)nc3cnc(N4CCC4)cc32)C1)c1ccc(Br)s1. The molecule has 3 aromatic heterocycles. The highest BCUT2D eigenvalue weighted by Crippen LogP contribution is 2.38. The summed E-state index contributed by atoms with van der Waals surface area (Å²) in [5, 5.41) is 3.23. The van der Waals surface area contributed by atoms with E-state index in [1.807, 2.05) is 18.2 Å². The first-order valence-corrected chi connectivity index (χ1v) is 13.6. The standard InChI is InChI=1S/C26H25BrFN5OS/c27-23-10-9-22(35-23)26(34)30-16-5-3-6-17(13-16)33-21-14-24(32-11-4-12-32)29-15-20(21)31-25(33)18-7-1-2-8-19(18)28/h1-2,7-10,14-17H,3-6,11-13H2,(H,30,34). The fraction of sp³-hybridized carbons (Fsp3) is 0.346. The number of carbonyl (C=O) groups excluding carboxylic acids is 1. The molecule has 0 spiro atoms. The average Bonchev–Trinajstić information content (AvgIpc) is 3.42. The third kappa shape index (κ3) is 4.36. The summed E-state index contributed by atoms with van der Waals surface area (Å²) in [4.78, 5) is 25.3. The Morgan fingerprint density at radius 3 is 2.74 bits per heavy atom. The third-order valence-corrected chi connectivity index (χ3v) is 8.62. The molecule has 1 aromatic carbocycles. The van der Waals surface area contributed by atoms with Gasteiger partial charge in [0.25, 0.3) is 5.91 Å². The number of hydrogen-bond acceptors (Lipinski definition) is 5. The summed E-state index contributed by atoms with van der Waals surface area (Å²) in [6, 6.07) is 12.8. The summed E-state index contributed by atoms with van der Waals surface area (Å²) in [7, 11) is 0. The Labute approximate surface area is 215 Å². The van der Waals surface area contributed by atoms with Crippen molar-refractivity contribution < 1.29 is 9.18 Å². The lowest BCUT2D eigenvalue weighted by molar-refractivity contribution is 0.0925. The number of nitrogens with zero attached hydrogens (tertiary/aromatic N) is 4. The fourth-order valence-electron chi connectivity index (χ4n) is 5.13. The van der Waals surface area contributed by atoms with Crippen LogP contribution < -0.4 is 10.2 Å². The minimum Gasteiger partial charge on any atom is -0.356 e. The zero-order chi connectivity index (χ0) is 23.9. The van der Waals surface area contributed by atoms with Gasteiger partial charge in [0.1, 0.15) is 23.0 Å². The number of benzene rings is 1. The lowest BCUT2D eigenvalue weighted by Gasteiger charge is -2.33. The first-order valence-electron chi connectivity index (χ1n) is 12.0. The van der Waals surface area contributed by atoms with Crippen molar-refractivity contribution >= 4 is 50.0 Å². The smallest absolute Gasteiger partial charge is 0.261 e. The molecular formula is C26H25BrFN5OS. The lowest BCUT2D eigenvalue weighted by Crippen LogP contribution is -2.38. The molecule has 4 heterocycles. The van der Waals surface area contributed by atoms with Crippen molar-refractivity contribution in [1.82, 2.24) is 19.9 Å². The van der Waals surface area contributed by atoms with Crippen molar-refractivity contribution in [3.8, 4) is 11.4 Å². The molecule has 6 nitrogen and oxygen atoms in total. The van der Waals surface area contributed by atoms with Crippen molar-refractivity contribution in [2.24, 2.45) is 0 Å². The molecule has 1 saturated heterocycles. The molecule has 2 unspecified atom stereocenters. The van der Waals surface area contributed by atoms with Gasteiger partial charge in [0.2, 0.25) is 0 Å². The van der Waals surface area contributed by atoms with E-state index in [9.17, 15) is 9.18 Å². The molecule has 9 heteroatoms. The van der Waals surface area contributed by atoms with Crippen LogP contribution in [-0.4, -0.2) is 39.6 Å². The Kier molecular flexibility index (Phi) is 6.06. The normalized spacial score (nSPS) is 20.1. The van der Waals surface area contributed by atoms with E-state index >= 15 is 0 Å². The number of hydrogen-bond donors (Lipinski definition) is 1. The summed E-state index contributed by atoms with van der Waals surface area (Å²) >= 11 is 4.87. The van der Waals surface area contributed by atoms with Gasteiger partial charge in [-0.3, -0.25) is 4.79 Å². The van der Waals surface area contributed by atoms with E-state index in [0.29, 0.717) is 16.3 Å². The largest absolute Gasteiger partial charge is 0.356 e. The highest BCUT2D eigenvalue weighted by Gasteiger charge is 2.30. The summed E-state index contributed by atoms with van der Waals surface area (Å²) in [6.45, 7) is 2.01. The maximum absolute atomic E-state index is 14.9. The maximum Gasteiger partial charge on any atom is 0.261 e. The molecule has 1 aliphatic heterocycles. The van der Waals surface area contributed by atoms with Crippen molar-refractivity contribution in [2.75, 3.05) is 18.0 Å². The summed E-state index contributed by atoms with van der Waals surface area (Å²) in [6.07, 6.45) is 6.60. The number of carbonyl (C=O) groups is 1. The van der Waals surface area contributed by atoms with Gasteiger partial charge in [-0.15, -0.1) is 11.3 Å². The molecule has 35 heavy (non-hydrogen) atoms. The van der Waals surface area contributed by atoms with E-state index in [4.69, 9.17) is 4.98 Å². The van der Waals surface area contributed by atoms with Gasteiger partial charge in [0.05, 0.1) is 25.9 Å². The zero-order valence-electron chi connectivity index (χ0n) is 19.1. The quantitative estimate of drug-likeness (QED) is 0.320. The molecule has 1 amide bonds. The molecule has 180 valence electrons. The Hall–Kier alpha value is -2.78. The van der Waals surface area contributed by atoms with E-state index in [1.54, 1.807) is 18.3 Å². The number of halogens is 2. The van der Waals surface area contributed by atoms with Crippen molar-refractivity contribution in [3.05, 3.63) is 63.1 Å². The lowest BCUT2D eigenvalue weighted by atomic mass is 9.90. The molecule has 1 saturated carbocycles. The van der Waals surface area contributed by atoms with Gasteiger partial charge in [-0.2, -0.15) is 0 Å². The van der Waals surface area contributed by atoms with E-state index in [1.165, 1.54) is 23.8 Å². The first kappa shape index (κ1) is 22.7. The number of aromatic nitrogens is 3. The number of anilines is 1. The van der Waals surface area contributed by atoms with Crippen LogP contribution in [0.25, 0.3) is 22.4 Å². The van der Waals surface area contributed by atoms with Crippen molar-refractivity contribution in [1.29, 1.82) is 0 Å². The molecule has 4 aromatic rings. The first-order chi connectivity index (χ1) is 17.1. The van der Waals surface area contributed by atoms with Crippen LogP contribution in [0.15, 0.2) is 52.4 Å². The monoisotopic (exact) mass is 553 g/mol. The topological polar surface area (TPSA) is 63.1 Å². The van der Waals surface area contributed by atoms with E-state index in [0.717, 1.165) is 59.4 Å². The Bertz CT molecular complexity index is 1400. The van der Waals surface area contributed by atoms with Gasteiger partial charge in [0.15, 0.2) is 0 Å². The Morgan fingerprint density at radius 2 is 2.00 bits per heavy atom. The second-order valence-electron chi connectivity index (χ2n) is 9.25. The Morgan fingerprint density at radius 1 is 1.14 bits per heavy atom. The second kappa shape index (κ2) is 9.35. The number of rotatable bonds is 5. The molecule has 1 N–H and O–H groups in total.